The number of nitrogens with two attached hydrogens (primary N) is 1. The van der Waals surface area contributed by atoms with Gasteiger partial charge in [0.1, 0.15) is 10.8 Å². The highest BCUT2D eigenvalue weighted by molar-refractivity contribution is 7.15. The van der Waals surface area contributed by atoms with Crippen LogP contribution in [0.3, 0.4) is 0 Å². The van der Waals surface area contributed by atoms with E-state index in [0.717, 1.165) is 46.4 Å². The number of anilines is 2. The van der Waals surface area contributed by atoms with E-state index in [0.29, 0.717) is 5.13 Å². The van der Waals surface area contributed by atoms with E-state index in [9.17, 15) is 0 Å². The molecule has 0 unspecified atom stereocenters. The fourth-order valence-electron chi connectivity index (χ4n) is 2.14. The molecule has 3 rings (SSSR count). The van der Waals surface area contributed by atoms with Crippen molar-refractivity contribution in [3.8, 4) is 0 Å². The van der Waals surface area contributed by atoms with Gasteiger partial charge in [-0.15, -0.1) is 10.2 Å². The zero-order valence-corrected chi connectivity index (χ0v) is 13.0. The summed E-state index contributed by atoms with van der Waals surface area (Å²) < 4.78 is 1.85. The Morgan fingerprint density at radius 2 is 2.10 bits per heavy atom. The highest BCUT2D eigenvalue weighted by atomic mass is 32.1. The van der Waals surface area contributed by atoms with Crippen molar-refractivity contribution in [3.05, 3.63) is 28.0 Å². The number of hydrogen-bond donors (Lipinski definition) is 2. The minimum absolute atomic E-state index is 0.505. The lowest BCUT2D eigenvalue weighted by molar-refractivity contribution is 0.883. The zero-order chi connectivity index (χ0) is 15.0. The maximum absolute atomic E-state index is 5.58. The van der Waals surface area contributed by atoms with Crippen LogP contribution in [-0.2, 0) is 6.42 Å². The lowest BCUT2D eigenvalue weighted by Gasteiger charge is -2.08. The number of nitrogen functional groups attached to an aromatic ring is 1. The molecule has 0 bridgehead atoms. The van der Waals surface area contributed by atoms with E-state index in [1.54, 1.807) is 0 Å². The minimum atomic E-state index is 0.505. The van der Waals surface area contributed by atoms with Gasteiger partial charge in [0, 0.05) is 30.3 Å². The van der Waals surface area contributed by atoms with Crippen LogP contribution in [0, 0.1) is 20.8 Å². The molecule has 0 aliphatic carbocycles. The van der Waals surface area contributed by atoms with Crippen LogP contribution >= 0.6 is 11.3 Å². The first-order chi connectivity index (χ1) is 10.0. The molecule has 0 fully saturated rings. The molecule has 0 atom stereocenters. The summed E-state index contributed by atoms with van der Waals surface area (Å²) in [5.41, 5.74) is 9.54. The average Bonchev–Trinajstić information content (AvgIpc) is 2.96. The first-order valence-corrected chi connectivity index (χ1v) is 7.51. The Bertz CT molecular complexity index is 789. The maximum atomic E-state index is 5.58. The van der Waals surface area contributed by atoms with Crippen molar-refractivity contribution in [2.24, 2.45) is 0 Å². The van der Waals surface area contributed by atoms with Gasteiger partial charge in [-0.05, 0) is 20.8 Å². The Morgan fingerprint density at radius 1 is 1.29 bits per heavy atom. The van der Waals surface area contributed by atoms with Crippen molar-refractivity contribution in [2.75, 3.05) is 17.6 Å². The normalized spacial score (nSPS) is 11.2. The molecule has 0 aromatic carbocycles. The lowest BCUT2D eigenvalue weighted by Crippen LogP contribution is -2.10. The van der Waals surface area contributed by atoms with Crippen molar-refractivity contribution < 1.29 is 0 Å². The highest BCUT2D eigenvalue weighted by Gasteiger charge is 2.11. The summed E-state index contributed by atoms with van der Waals surface area (Å²) in [5.74, 6) is 0.936. The number of hydrogen-bond acceptors (Lipinski definition) is 7. The number of fused-ring (bicyclic) bond motifs is 1. The summed E-state index contributed by atoms with van der Waals surface area (Å²) >= 11 is 1.42. The summed E-state index contributed by atoms with van der Waals surface area (Å²) in [7, 11) is 0. The van der Waals surface area contributed by atoms with Gasteiger partial charge in [0.25, 0.3) is 0 Å². The van der Waals surface area contributed by atoms with E-state index >= 15 is 0 Å². The predicted octanol–water partition coefficient (Wildman–Crippen LogP) is 1.74. The molecule has 0 amide bonds. The van der Waals surface area contributed by atoms with E-state index in [1.165, 1.54) is 11.3 Å². The van der Waals surface area contributed by atoms with Gasteiger partial charge in [-0.25, -0.2) is 4.98 Å². The molecule has 0 aliphatic heterocycles. The molecule has 8 heteroatoms. The van der Waals surface area contributed by atoms with Crippen molar-refractivity contribution in [2.45, 2.75) is 27.2 Å². The standard InChI is InChI=1S/C13H17N7S/c1-7-6-10(15-5-4-11-17-18-13(14)21-11)20-12(16-7)8(2)9(3)19-20/h6,15H,4-5H2,1-3H3,(H2,14,18). The third-order valence-corrected chi connectivity index (χ3v) is 4.12. The molecule has 110 valence electrons. The van der Waals surface area contributed by atoms with Crippen LogP contribution in [0.2, 0.25) is 0 Å². The Kier molecular flexibility index (Phi) is 3.46. The van der Waals surface area contributed by atoms with Crippen LogP contribution < -0.4 is 11.1 Å². The molecule has 0 saturated heterocycles. The van der Waals surface area contributed by atoms with E-state index in [4.69, 9.17) is 5.73 Å². The van der Waals surface area contributed by atoms with Gasteiger partial charge in [-0.3, -0.25) is 0 Å². The van der Waals surface area contributed by atoms with Crippen LogP contribution in [0.5, 0.6) is 0 Å². The second-order valence-electron chi connectivity index (χ2n) is 4.94. The molecule has 3 N–H and O–H groups in total. The summed E-state index contributed by atoms with van der Waals surface area (Å²) in [4.78, 5) is 4.55. The fraction of sp³-hybridized carbons (Fsp3) is 0.385. The quantitative estimate of drug-likeness (QED) is 0.762. The first-order valence-electron chi connectivity index (χ1n) is 6.70. The molecule has 0 spiro atoms. The molecule has 0 aliphatic rings. The van der Waals surface area contributed by atoms with Gasteiger partial charge in [0.15, 0.2) is 5.65 Å². The number of aromatic nitrogens is 5. The summed E-state index contributed by atoms with van der Waals surface area (Å²) in [6, 6.07) is 1.99. The lowest BCUT2D eigenvalue weighted by atomic mass is 10.3. The summed E-state index contributed by atoms with van der Waals surface area (Å²) in [5, 5.41) is 17.2. The smallest absolute Gasteiger partial charge is 0.203 e. The summed E-state index contributed by atoms with van der Waals surface area (Å²) in [6.07, 6.45) is 0.775. The number of rotatable bonds is 4. The Hall–Kier alpha value is -2.22. The van der Waals surface area contributed by atoms with Crippen LogP contribution in [0.25, 0.3) is 5.65 Å². The van der Waals surface area contributed by atoms with E-state index in [1.807, 2.05) is 31.4 Å². The maximum Gasteiger partial charge on any atom is 0.203 e. The third-order valence-electron chi connectivity index (χ3n) is 3.31. The number of nitrogens with zero attached hydrogens (tertiary/aromatic N) is 5. The van der Waals surface area contributed by atoms with Crippen molar-refractivity contribution >= 4 is 27.9 Å². The number of nitrogens with one attached hydrogen (secondary N) is 1. The molecule has 0 radical (unpaired) electrons. The van der Waals surface area contributed by atoms with Gasteiger partial charge in [-0.2, -0.15) is 9.61 Å². The van der Waals surface area contributed by atoms with E-state index < -0.39 is 0 Å². The molecule has 3 aromatic rings. The number of aryl methyl sites for hydroxylation is 3. The predicted molar refractivity (Wildman–Crippen MR) is 83.7 cm³/mol. The zero-order valence-electron chi connectivity index (χ0n) is 12.2. The van der Waals surface area contributed by atoms with Gasteiger partial charge in [0.2, 0.25) is 5.13 Å². The second-order valence-corrected chi connectivity index (χ2v) is 6.03. The van der Waals surface area contributed by atoms with Crippen molar-refractivity contribution in [1.29, 1.82) is 0 Å². The van der Waals surface area contributed by atoms with Gasteiger partial charge in [-0.1, -0.05) is 11.3 Å². The second kappa shape index (κ2) is 5.28. The molecular weight excluding hydrogens is 286 g/mol. The van der Waals surface area contributed by atoms with Crippen LogP contribution in [0.1, 0.15) is 22.0 Å². The first kappa shape index (κ1) is 13.7. The third kappa shape index (κ3) is 2.66. The minimum Gasteiger partial charge on any atom is -0.374 e. The van der Waals surface area contributed by atoms with Gasteiger partial charge >= 0.3 is 0 Å². The van der Waals surface area contributed by atoms with Crippen LogP contribution in [-0.4, -0.2) is 31.3 Å². The van der Waals surface area contributed by atoms with Gasteiger partial charge < -0.3 is 11.1 Å². The highest BCUT2D eigenvalue weighted by Crippen LogP contribution is 2.18. The molecule has 3 heterocycles. The van der Waals surface area contributed by atoms with E-state index in [2.05, 4.69) is 25.6 Å². The van der Waals surface area contributed by atoms with Gasteiger partial charge in [0.05, 0.1) is 5.69 Å². The average molecular weight is 303 g/mol. The largest absolute Gasteiger partial charge is 0.374 e. The molecule has 3 aromatic heterocycles. The fourth-order valence-corrected chi connectivity index (χ4v) is 2.75. The Labute approximate surface area is 126 Å². The monoisotopic (exact) mass is 303 g/mol. The van der Waals surface area contributed by atoms with Crippen LogP contribution in [0.15, 0.2) is 6.07 Å². The van der Waals surface area contributed by atoms with Crippen molar-refractivity contribution in [1.82, 2.24) is 24.8 Å². The van der Waals surface area contributed by atoms with Crippen molar-refractivity contribution in [3.63, 3.8) is 0 Å². The topological polar surface area (TPSA) is 94.0 Å². The molecule has 0 saturated carbocycles. The Balaban J connectivity index is 1.81. The molecule has 21 heavy (non-hydrogen) atoms. The molecular formula is C13H17N7S. The molecule has 7 nitrogen and oxygen atoms in total. The van der Waals surface area contributed by atoms with E-state index in [-0.39, 0.29) is 0 Å². The summed E-state index contributed by atoms with van der Waals surface area (Å²) in [6.45, 7) is 6.76. The Morgan fingerprint density at radius 3 is 2.81 bits per heavy atom. The SMILES string of the molecule is Cc1cc(NCCc2nnc(N)s2)n2nc(C)c(C)c2n1. The van der Waals surface area contributed by atoms with Crippen LogP contribution in [0.4, 0.5) is 10.9 Å².